The molecule has 1 aromatic carbocycles. The lowest BCUT2D eigenvalue weighted by Crippen LogP contribution is -2.22. The van der Waals surface area contributed by atoms with Crippen molar-refractivity contribution in [1.82, 2.24) is 0 Å². The maximum Gasteiger partial charge on any atom is 0.152 e. The first-order valence-corrected chi connectivity index (χ1v) is 6.07. The fourth-order valence-corrected chi connectivity index (χ4v) is 2.79. The van der Waals surface area contributed by atoms with Gasteiger partial charge in [0.2, 0.25) is 0 Å². The Balaban J connectivity index is 2.08. The van der Waals surface area contributed by atoms with Gasteiger partial charge in [-0.25, -0.2) is 0 Å². The van der Waals surface area contributed by atoms with Gasteiger partial charge in [-0.2, -0.15) is 0 Å². The quantitative estimate of drug-likeness (QED) is 0.819. The number of nitrogens with two attached hydrogens (primary N) is 1. The van der Waals surface area contributed by atoms with E-state index in [2.05, 4.69) is 6.07 Å². The number of hydrogen-bond acceptors (Lipinski definition) is 2. The highest BCUT2D eigenvalue weighted by atomic mass is 35.5. The van der Waals surface area contributed by atoms with E-state index in [1.54, 1.807) is 0 Å². The standard InChI is InChI=1S/C13H14ClNO/c14-10-5-1-3-8-7-12(16-13(8)10)9-4-2-6-11(9)15/h1,3,5,7,9,11H,2,4,6,15H2. The molecule has 1 aliphatic rings. The van der Waals surface area contributed by atoms with Gasteiger partial charge in [-0.05, 0) is 25.0 Å². The first-order valence-electron chi connectivity index (χ1n) is 5.69. The molecule has 0 saturated heterocycles. The first-order chi connectivity index (χ1) is 7.75. The summed E-state index contributed by atoms with van der Waals surface area (Å²) in [4.78, 5) is 0. The van der Waals surface area contributed by atoms with Crippen LogP contribution < -0.4 is 5.73 Å². The minimum Gasteiger partial charge on any atom is -0.459 e. The number of para-hydroxylation sites is 1. The number of furan rings is 1. The number of halogens is 1. The molecule has 1 aliphatic carbocycles. The molecule has 3 rings (SSSR count). The summed E-state index contributed by atoms with van der Waals surface area (Å²) in [6.45, 7) is 0. The fraction of sp³-hybridized carbons (Fsp3) is 0.385. The number of benzene rings is 1. The molecule has 1 aromatic heterocycles. The van der Waals surface area contributed by atoms with Crippen LogP contribution in [-0.2, 0) is 0 Å². The Hall–Kier alpha value is -0.990. The van der Waals surface area contributed by atoms with Crippen molar-refractivity contribution in [2.24, 2.45) is 5.73 Å². The largest absolute Gasteiger partial charge is 0.459 e. The molecule has 3 heteroatoms. The van der Waals surface area contributed by atoms with Crippen LogP contribution in [0.3, 0.4) is 0 Å². The van der Waals surface area contributed by atoms with Crippen LogP contribution in [0, 0.1) is 0 Å². The lowest BCUT2D eigenvalue weighted by molar-refractivity contribution is 0.467. The molecular weight excluding hydrogens is 222 g/mol. The van der Waals surface area contributed by atoms with Crippen LogP contribution in [-0.4, -0.2) is 6.04 Å². The van der Waals surface area contributed by atoms with Crippen LogP contribution in [0.4, 0.5) is 0 Å². The number of fused-ring (bicyclic) bond motifs is 1. The first kappa shape index (κ1) is 10.2. The molecule has 2 atom stereocenters. The summed E-state index contributed by atoms with van der Waals surface area (Å²) in [6, 6.07) is 8.13. The molecule has 84 valence electrons. The van der Waals surface area contributed by atoms with E-state index in [1.807, 2.05) is 18.2 Å². The SMILES string of the molecule is NC1CCCC1c1cc2cccc(Cl)c2o1. The summed E-state index contributed by atoms with van der Waals surface area (Å²) >= 11 is 6.09. The van der Waals surface area contributed by atoms with Crippen molar-refractivity contribution in [3.63, 3.8) is 0 Å². The minimum atomic E-state index is 0.235. The van der Waals surface area contributed by atoms with Crippen molar-refractivity contribution in [3.8, 4) is 0 Å². The van der Waals surface area contributed by atoms with Crippen LogP contribution in [0.1, 0.15) is 30.9 Å². The van der Waals surface area contributed by atoms with Gasteiger partial charge in [0, 0.05) is 17.3 Å². The molecule has 0 aliphatic heterocycles. The van der Waals surface area contributed by atoms with Gasteiger partial charge in [0.1, 0.15) is 5.76 Å². The fourth-order valence-electron chi connectivity index (χ4n) is 2.57. The average Bonchev–Trinajstić information content (AvgIpc) is 2.84. The van der Waals surface area contributed by atoms with Crippen LogP contribution in [0.5, 0.6) is 0 Å². The zero-order valence-electron chi connectivity index (χ0n) is 8.95. The van der Waals surface area contributed by atoms with Crippen molar-refractivity contribution >= 4 is 22.6 Å². The molecular formula is C13H14ClNO. The summed E-state index contributed by atoms with van der Waals surface area (Å²) in [5.41, 5.74) is 6.87. The second kappa shape index (κ2) is 3.79. The van der Waals surface area contributed by atoms with Crippen molar-refractivity contribution in [1.29, 1.82) is 0 Å². The monoisotopic (exact) mass is 235 g/mol. The Bertz CT molecular complexity index is 520. The third kappa shape index (κ3) is 1.53. The van der Waals surface area contributed by atoms with Crippen LogP contribution >= 0.6 is 11.6 Å². The lowest BCUT2D eigenvalue weighted by atomic mass is 10.0. The van der Waals surface area contributed by atoms with Gasteiger partial charge in [0.15, 0.2) is 5.58 Å². The van der Waals surface area contributed by atoms with E-state index in [0.717, 1.165) is 29.6 Å². The Morgan fingerprint density at radius 2 is 2.19 bits per heavy atom. The molecule has 1 saturated carbocycles. The molecule has 1 fully saturated rings. The lowest BCUT2D eigenvalue weighted by Gasteiger charge is -2.11. The van der Waals surface area contributed by atoms with Gasteiger partial charge in [-0.15, -0.1) is 0 Å². The molecule has 2 unspecified atom stereocenters. The van der Waals surface area contributed by atoms with Crippen molar-refractivity contribution in [2.45, 2.75) is 31.2 Å². The highest BCUT2D eigenvalue weighted by Gasteiger charge is 2.28. The van der Waals surface area contributed by atoms with Gasteiger partial charge in [-0.3, -0.25) is 0 Å². The molecule has 16 heavy (non-hydrogen) atoms. The van der Waals surface area contributed by atoms with Gasteiger partial charge < -0.3 is 10.2 Å². The molecule has 2 aromatic rings. The molecule has 2 nitrogen and oxygen atoms in total. The van der Waals surface area contributed by atoms with E-state index in [-0.39, 0.29) is 6.04 Å². The summed E-state index contributed by atoms with van der Waals surface area (Å²) in [5.74, 6) is 1.36. The second-order valence-electron chi connectivity index (χ2n) is 4.51. The summed E-state index contributed by atoms with van der Waals surface area (Å²) < 4.78 is 5.84. The van der Waals surface area contributed by atoms with E-state index in [1.165, 1.54) is 6.42 Å². The van der Waals surface area contributed by atoms with E-state index < -0.39 is 0 Å². The smallest absolute Gasteiger partial charge is 0.152 e. The Morgan fingerprint density at radius 1 is 1.31 bits per heavy atom. The van der Waals surface area contributed by atoms with Crippen molar-refractivity contribution < 1.29 is 4.42 Å². The third-order valence-corrected chi connectivity index (χ3v) is 3.75. The Morgan fingerprint density at radius 3 is 2.88 bits per heavy atom. The van der Waals surface area contributed by atoms with Crippen LogP contribution in [0.25, 0.3) is 11.0 Å². The summed E-state index contributed by atoms with van der Waals surface area (Å²) in [7, 11) is 0. The Labute approximate surface area is 99.4 Å². The van der Waals surface area contributed by atoms with E-state index in [9.17, 15) is 0 Å². The molecule has 1 heterocycles. The van der Waals surface area contributed by atoms with Gasteiger partial charge in [0.05, 0.1) is 5.02 Å². The highest BCUT2D eigenvalue weighted by Crippen LogP contribution is 2.37. The van der Waals surface area contributed by atoms with E-state index >= 15 is 0 Å². The predicted octanol–water partition coefficient (Wildman–Crippen LogP) is 3.68. The van der Waals surface area contributed by atoms with E-state index in [0.29, 0.717) is 10.9 Å². The average molecular weight is 236 g/mol. The summed E-state index contributed by atoms with van der Waals surface area (Å²) in [5, 5.41) is 1.75. The van der Waals surface area contributed by atoms with Crippen LogP contribution in [0.15, 0.2) is 28.7 Å². The minimum absolute atomic E-state index is 0.235. The topological polar surface area (TPSA) is 39.2 Å². The van der Waals surface area contributed by atoms with Crippen molar-refractivity contribution in [2.75, 3.05) is 0 Å². The molecule has 0 amide bonds. The van der Waals surface area contributed by atoms with Crippen LogP contribution in [0.2, 0.25) is 5.02 Å². The molecule has 0 bridgehead atoms. The van der Waals surface area contributed by atoms with Gasteiger partial charge in [-0.1, -0.05) is 30.2 Å². The molecule has 0 radical (unpaired) electrons. The van der Waals surface area contributed by atoms with Crippen molar-refractivity contribution in [3.05, 3.63) is 35.0 Å². The molecule has 2 N–H and O–H groups in total. The number of hydrogen-bond donors (Lipinski definition) is 1. The highest BCUT2D eigenvalue weighted by molar-refractivity contribution is 6.34. The van der Waals surface area contributed by atoms with E-state index in [4.69, 9.17) is 21.8 Å². The normalized spacial score (nSPS) is 25.4. The summed E-state index contributed by atoms with van der Waals surface area (Å²) in [6.07, 6.45) is 3.41. The number of rotatable bonds is 1. The maximum absolute atomic E-state index is 6.09. The van der Waals surface area contributed by atoms with Gasteiger partial charge >= 0.3 is 0 Å². The predicted molar refractivity (Wildman–Crippen MR) is 65.8 cm³/mol. The zero-order valence-corrected chi connectivity index (χ0v) is 9.70. The maximum atomic E-state index is 6.09. The zero-order chi connectivity index (χ0) is 11.1. The third-order valence-electron chi connectivity index (χ3n) is 3.45. The second-order valence-corrected chi connectivity index (χ2v) is 4.92. The molecule has 0 spiro atoms. The Kier molecular flexibility index (Phi) is 2.41. The van der Waals surface area contributed by atoms with Gasteiger partial charge in [0.25, 0.3) is 0 Å².